The van der Waals surface area contributed by atoms with E-state index in [0.717, 1.165) is 48.9 Å². The van der Waals surface area contributed by atoms with Gasteiger partial charge in [0, 0.05) is 6.54 Å². The van der Waals surface area contributed by atoms with Crippen molar-refractivity contribution in [2.24, 2.45) is 5.92 Å². The number of aryl methyl sites for hydroxylation is 1. The van der Waals surface area contributed by atoms with E-state index in [1.165, 1.54) is 11.2 Å². The molecule has 1 saturated heterocycles. The summed E-state index contributed by atoms with van der Waals surface area (Å²) < 4.78 is 18.5. The van der Waals surface area contributed by atoms with Gasteiger partial charge in [-0.3, -0.25) is 4.79 Å². The summed E-state index contributed by atoms with van der Waals surface area (Å²) in [4.78, 5) is 15.9. The van der Waals surface area contributed by atoms with Crippen LogP contribution in [0.5, 0.6) is 11.5 Å². The summed E-state index contributed by atoms with van der Waals surface area (Å²) in [5.41, 5.74) is 0.961. The fourth-order valence-corrected chi connectivity index (χ4v) is 4.41. The van der Waals surface area contributed by atoms with Crippen LogP contribution >= 0.6 is 0 Å². The Balaban J connectivity index is 1.65. The number of hydrogen-bond donors (Lipinski definition) is 1. The normalized spacial score (nSPS) is 15.5. The van der Waals surface area contributed by atoms with Crippen LogP contribution in [0, 0.1) is 5.92 Å². The second kappa shape index (κ2) is 10.7. The number of amides is 1. The molecule has 0 spiro atoms. The molecule has 1 aliphatic heterocycles. The molecule has 182 valence electrons. The Bertz CT molecular complexity index is 1070. The number of rotatable bonds is 9. The molecule has 1 aliphatic rings. The Morgan fingerprint density at radius 1 is 1.18 bits per heavy atom. The quantitative estimate of drug-likeness (QED) is 0.506. The molecule has 3 heterocycles. The molecule has 1 N–H and O–H groups in total. The average Bonchev–Trinajstić information content (AvgIpc) is 3.55. The van der Waals surface area contributed by atoms with Gasteiger partial charge in [-0.25, -0.2) is 4.68 Å². The monoisotopic (exact) mass is 469 g/mol. The van der Waals surface area contributed by atoms with E-state index in [9.17, 15) is 4.79 Å². The second-order valence-corrected chi connectivity index (χ2v) is 8.91. The van der Waals surface area contributed by atoms with Gasteiger partial charge in [-0.1, -0.05) is 13.8 Å². The van der Waals surface area contributed by atoms with Crippen LogP contribution in [0.1, 0.15) is 48.3 Å². The van der Waals surface area contributed by atoms with Gasteiger partial charge < -0.3 is 23.7 Å². The molecule has 1 unspecified atom stereocenters. The highest BCUT2D eigenvalue weighted by atomic mass is 16.5. The number of carbonyl (C=O) groups excluding carboxylic acids is 1. The first-order valence-electron chi connectivity index (χ1n) is 11.7. The molecule has 0 aliphatic carbocycles. The van der Waals surface area contributed by atoms with Crippen LogP contribution in [0.15, 0.2) is 41.0 Å². The van der Waals surface area contributed by atoms with Crippen LogP contribution in [0.2, 0.25) is 0 Å². The van der Waals surface area contributed by atoms with Crippen LogP contribution in [-0.4, -0.2) is 71.4 Å². The van der Waals surface area contributed by atoms with Gasteiger partial charge in [-0.2, -0.15) is 0 Å². The van der Waals surface area contributed by atoms with Gasteiger partial charge in [0.05, 0.1) is 52.2 Å². The number of aromatic nitrogens is 4. The molecule has 0 bridgehead atoms. The van der Waals surface area contributed by atoms with Gasteiger partial charge >= 0.3 is 0 Å². The van der Waals surface area contributed by atoms with E-state index >= 15 is 0 Å². The summed E-state index contributed by atoms with van der Waals surface area (Å²) in [5, 5.41) is 12.8. The number of furan rings is 1. The second-order valence-electron chi connectivity index (χ2n) is 8.91. The van der Waals surface area contributed by atoms with Gasteiger partial charge in [0.15, 0.2) is 11.8 Å². The lowest BCUT2D eigenvalue weighted by atomic mass is 10.0. The predicted octanol–water partition coefficient (Wildman–Crippen LogP) is 1.46. The highest BCUT2D eigenvalue weighted by Gasteiger charge is 2.37. The van der Waals surface area contributed by atoms with Crippen LogP contribution in [0.4, 0.5) is 0 Å². The lowest BCUT2D eigenvalue weighted by Gasteiger charge is -2.36. The lowest BCUT2D eigenvalue weighted by molar-refractivity contribution is -0.930. The fourth-order valence-electron chi connectivity index (χ4n) is 4.41. The molecule has 4 rings (SSSR count). The number of carbonyl (C=O) groups is 1. The third kappa shape index (κ3) is 5.06. The van der Waals surface area contributed by atoms with Crippen molar-refractivity contribution in [3.05, 3.63) is 53.7 Å². The zero-order valence-corrected chi connectivity index (χ0v) is 20.2. The zero-order valence-electron chi connectivity index (χ0n) is 20.2. The van der Waals surface area contributed by atoms with Gasteiger partial charge in [-0.05, 0) is 53.1 Å². The van der Waals surface area contributed by atoms with Crippen LogP contribution in [-0.2, 0) is 6.54 Å². The SMILES string of the molecule is COc1ccc(OC)c(C(c2nnnn2CCC(C)C)[NH+]2CCN(C(=O)c3ccco3)CC2)c1. The highest BCUT2D eigenvalue weighted by Crippen LogP contribution is 2.31. The van der Waals surface area contributed by atoms with Gasteiger partial charge in [0.2, 0.25) is 5.82 Å². The summed E-state index contributed by atoms with van der Waals surface area (Å²) >= 11 is 0. The summed E-state index contributed by atoms with van der Waals surface area (Å²) in [6.07, 6.45) is 2.50. The fraction of sp³-hybridized carbons (Fsp3) is 0.500. The Morgan fingerprint density at radius 3 is 2.62 bits per heavy atom. The maximum absolute atomic E-state index is 12.8. The lowest BCUT2D eigenvalue weighted by Crippen LogP contribution is -3.15. The molecule has 0 radical (unpaired) electrons. The third-order valence-electron chi connectivity index (χ3n) is 6.32. The molecular weight excluding hydrogens is 436 g/mol. The van der Waals surface area contributed by atoms with Crippen molar-refractivity contribution in [3.8, 4) is 11.5 Å². The van der Waals surface area contributed by atoms with Crippen molar-refractivity contribution in [1.82, 2.24) is 25.1 Å². The number of tetrazole rings is 1. The van der Waals surface area contributed by atoms with Crippen molar-refractivity contribution in [1.29, 1.82) is 0 Å². The van der Waals surface area contributed by atoms with Crippen molar-refractivity contribution in [2.45, 2.75) is 32.9 Å². The van der Waals surface area contributed by atoms with Gasteiger partial charge in [0.25, 0.3) is 5.91 Å². The molecule has 10 nitrogen and oxygen atoms in total. The standard InChI is InChI=1S/C24H32N6O4/c1-17(2)9-10-30-23(25-26-27-30)22(19-16-18(32-3)7-8-20(19)33-4)28-11-13-29(14-12-28)24(31)21-6-5-15-34-21/h5-8,15-17,22H,9-14H2,1-4H3/p+1. The van der Waals surface area contributed by atoms with E-state index < -0.39 is 0 Å². The van der Waals surface area contributed by atoms with Crippen LogP contribution in [0.25, 0.3) is 0 Å². The van der Waals surface area contributed by atoms with E-state index in [-0.39, 0.29) is 11.9 Å². The number of methoxy groups -OCH3 is 2. The Hall–Kier alpha value is -3.40. The first-order valence-corrected chi connectivity index (χ1v) is 11.7. The molecule has 0 saturated carbocycles. The Morgan fingerprint density at radius 2 is 1.97 bits per heavy atom. The molecule has 1 atom stereocenters. The maximum Gasteiger partial charge on any atom is 0.289 e. The molecule has 3 aromatic rings. The summed E-state index contributed by atoms with van der Waals surface area (Å²) in [7, 11) is 3.32. The number of nitrogens with one attached hydrogen (secondary N) is 1. The minimum atomic E-state index is -0.173. The topological polar surface area (TPSA) is 100.0 Å². The average molecular weight is 470 g/mol. The van der Waals surface area contributed by atoms with Crippen LogP contribution in [0.3, 0.4) is 0 Å². The molecular formula is C24H33N6O4+. The van der Waals surface area contributed by atoms with E-state index in [0.29, 0.717) is 24.8 Å². The number of nitrogens with zero attached hydrogens (tertiary/aromatic N) is 5. The van der Waals surface area contributed by atoms with Crippen molar-refractivity contribution < 1.29 is 23.6 Å². The Labute approximate surface area is 199 Å². The van der Waals surface area contributed by atoms with Crippen LogP contribution < -0.4 is 14.4 Å². The van der Waals surface area contributed by atoms with E-state index in [4.69, 9.17) is 13.9 Å². The molecule has 1 aromatic carbocycles. The minimum absolute atomic E-state index is 0.0821. The zero-order chi connectivity index (χ0) is 24.1. The van der Waals surface area contributed by atoms with Gasteiger partial charge in [-0.15, -0.1) is 5.10 Å². The number of piperazine rings is 1. The number of hydrogen-bond acceptors (Lipinski definition) is 7. The predicted molar refractivity (Wildman–Crippen MR) is 124 cm³/mol. The van der Waals surface area contributed by atoms with E-state index in [1.54, 1.807) is 26.4 Å². The molecule has 10 heteroatoms. The molecule has 2 aromatic heterocycles. The summed E-state index contributed by atoms with van der Waals surface area (Å²) in [5.74, 6) is 3.10. The highest BCUT2D eigenvalue weighted by molar-refractivity contribution is 5.91. The first kappa shape index (κ1) is 23.7. The smallest absolute Gasteiger partial charge is 0.289 e. The van der Waals surface area contributed by atoms with E-state index in [2.05, 4.69) is 29.4 Å². The van der Waals surface area contributed by atoms with E-state index in [1.807, 2.05) is 27.8 Å². The largest absolute Gasteiger partial charge is 0.497 e. The summed E-state index contributed by atoms with van der Waals surface area (Å²) in [6.45, 7) is 7.78. The molecule has 1 amide bonds. The minimum Gasteiger partial charge on any atom is -0.497 e. The molecule has 34 heavy (non-hydrogen) atoms. The molecule has 1 fully saturated rings. The maximum atomic E-state index is 12.8. The van der Waals surface area contributed by atoms with Crippen molar-refractivity contribution in [2.75, 3.05) is 40.4 Å². The van der Waals surface area contributed by atoms with Crippen molar-refractivity contribution >= 4 is 5.91 Å². The van der Waals surface area contributed by atoms with Crippen molar-refractivity contribution in [3.63, 3.8) is 0 Å². The Kier molecular flexibility index (Phi) is 7.46. The third-order valence-corrected chi connectivity index (χ3v) is 6.32. The number of ether oxygens (including phenoxy) is 2. The first-order chi connectivity index (χ1) is 16.5. The summed E-state index contributed by atoms with van der Waals surface area (Å²) in [6, 6.07) is 9.06. The number of quaternary nitrogens is 1. The number of benzene rings is 1. The van der Waals surface area contributed by atoms with Gasteiger partial charge in [0.1, 0.15) is 11.5 Å².